The first-order valence-corrected chi connectivity index (χ1v) is 8.19. The lowest BCUT2D eigenvalue weighted by atomic mass is 10.1. The van der Waals surface area contributed by atoms with Crippen molar-refractivity contribution in [2.75, 3.05) is 13.7 Å². The van der Waals surface area contributed by atoms with Gasteiger partial charge in [-0.1, -0.05) is 18.2 Å². The predicted molar refractivity (Wildman–Crippen MR) is 97.4 cm³/mol. The highest BCUT2D eigenvalue weighted by Gasteiger charge is 2.11. The highest BCUT2D eigenvalue weighted by atomic mass is 19.1. The fourth-order valence-corrected chi connectivity index (χ4v) is 2.33. The zero-order chi connectivity index (χ0) is 18.2. The topological polar surface area (TPSA) is 65.9 Å². The van der Waals surface area contributed by atoms with Gasteiger partial charge < -0.3 is 20.5 Å². The van der Waals surface area contributed by atoms with E-state index >= 15 is 0 Å². The van der Waals surface area contributed by atoms with Crippen LogP contribution in [0.3, 0.4) is 0 Å². The standard InChI is InChI=1S/C19H24FN3O2/c1-4-21-19(22-12-14-5-8-16(24)9-6-14)23-13(2)15-7-10-18(25-3)17(20)11-15/h5-11,13,24H,4,12H2,1-3H3,(H2,21,22,23). The molecule has 0 spiro atoms. The predicted octanol–water partition coefficient (Wildman–Crippen LogP) is 3.36. The van der Waals surface area contributed by atoms with Gasteiger partial charge in [-0.25, -0.2) is 9.38 Å². The summed E-state index contributed by atoms with van der Waals surface area (Å²) in [6.07, 6.45) is 0. The minimum atomic E-state index is -0.389. The van der Waals surface area contributed by atoms with Crippen LogP contribution in [0, 0.1) is 5.82 Å². The number of halogens is 1. The lowest BCUT2D eigenvalue weighted by molar-refractivity contribution is 0.386. The summed E-state index contributed by atoms with van der Waals surface area (Å²) in [5.74, 6) is 0.704. The summed E-state index contributed by atoms with van der Waals surface area (Å²) >= 11 is 0. The monoisotopic (exact) mass is 345 g/mol. The molecule has 134 valence electrons. The zero-order valence-electron chi connectivity index (χ0n) is 14.7. The van der Waals surface area contributed by atoms with E-state index in [0.29, 0.717) is 19.0 Å². The number of aromatic hydroxyl groups is 1. The lowest BCUT2D eigenvalue weighted by Gasteiger charge is -2.18. The molecule has 0 saturated carbocycles. The number of aliphatic imine (C=N–C) groups is 1. The van der Waals surface area contributed by atoms with Crippen molar-refractivity contribution < 1.29 is 14.2 Å². The summed E-state index contributed by atoms with van der Waals surface area (Å²) in [6.45, 7) is 5.11. The van der Waals surface area contributed by atoms with Gasteiger partial charge in [-0.2, -0.15) is 0 Å². The van der Waals surface area contributed by atoms with Crippen LogP contribution in [0.4, 0.5) is 4.39 Å². The number of nitrogens with zero attached hydrogens (tertiary/aromatic N) is 1. The van der Waals surface area contributed by atoms with Crippen molar-refractivity contribution >= 4 is 5.96 Å². The molecule has 2 aromatic rings. The number of guanidine groups is 1. The van der Waals surface area contributed by atoms with E-state index in [0.717, 1.165) is 11.1 Å². The molecule has 2 aromatic carbocycles. The Labute approximate surface area is 147 Å². The third-order valence-corrected chi connectivity index (χ3v) is 3.73. The van der Waals surface area contributed by atoms with E-state index < -0.39 is 0 Å². The Bertz CT molecular complexity index is 717. The maximum absolute atomic E-state index is 13.9. The van der Waals surface area contributed by atoms with E-state index in [2.05, 4.69) is 15.6 Å². The van der Waals surface area contributed by atoms with Crippen LogP contribution in [0.25, 0.3) is 0 Å². The molecule has 0 amide bonds. The SMILES string of the molecule is CCNC(=NCc1ccc(O)cc1)NC(C)c1ccc(OC)c(F)c1. The van der Waals surface area contributed by atoms with Crippen molar-refractivity contribution in [3.8, 4) is 11.5 Å². The Morgan fingerprint density at radius 2 is 1.96 bits per heavy atom. The maximum Gasteiger partial charge on any atom is 0.192 e. The average molecular weight is 345 g/mol. The van der Waals surface area contributed by atoms with Gasteiger partial charge in [0, 0.05) is 6.54 Å². The van der Waals surface area contributed by atoms with Gasteiger partial charge in [0.25, 0.3) is 0 Å². The van der Waals surface area contributed by atoms with Crippen LogP contribution < -0.4 is 15.4 Å². The van der Waals surface area contributed by atoms with Crippen LogP contribution in [0.2, 0.25) is 0 Å². The number of rotatable bonds is 6. The summed E-state index contributed by atoms with van der Waals surface area (Å²) in [7, 11) is 1.44. The number of ether oxygens (including phenoxy) is 1. The molecule has 0 fully saturated rings. The number of hydrogen-bond acceptors (Lipinski definition) is 3. The summed E-state index contributed by atoms with van der Waals surface area (Å²) in [5, 5.41) is 15.8. The van der Waals surface area contributed by atoms with Gasteiger partial charge >= 0.3 is 0 Å². The van der Waals surface area contributed by atoms with Crippen LogP contribution >= 0.6 is 0 Å². The third-order valence-electron chi connectivity index (χ3n) is 3.73. The number of phenols is 1. The molecule has 5 nitrogen and oxygen atoms in total. The number of methoxy groups -OCH3 is 1. The Balaban J connectivity index is 2.07. The molecule has 6 heteroatoms. The third kappa shape index (κ3) is 5.38. The summed E-state index contributed by atoms with van der Waals surface area (Å²) in [5.41, 5.74) is 1.78. The van der Waals surface area contributed by atoms with Gasteiger partial charge in [-0.05, 0) is 49.2 Å². The van der Waals surface area contributed by atoms with Crippen LogP contribution in [-0.2, 0) is 6.54 Å². The largest absolute Gasteiger partial charge is 0.508 e. The van der Waals surface area contributed by atoms with E-state index in [1.165, 1.54) is 13.2 Å². The average Bonchev–Trinajstić information content (AvgIpc) is 2.61. The second-order valence-corrected chi connectivity index (χ2v) is 5.62. The van der Waals surface area contributed by atoms with Crippen LogP contribution in [0.1, 0.15) is 31.0 Å². The molecule has 25 heavy (non-hydrogen) atoms. The second-order valence-electron chi connectivity index (χ2n) is 5.62. The molecule has 2 rings (SSSR count). The molecular weight excluding hydrogens is 321 g/mol. The quantitative estimate of drug-likeness (QED) is 0.555. The molecule has 0 aliphatic rings. The second kappa shape index (κ2) is 8.92. The molecule has 0 bridgehead atoms. The summed E-state index contributed by atoms with van der Waals surface area (Å²) < 4.78 is 18.8. The Kier molecular flexibility index (Phi) is 6.62. The fraction of sp³-hybridized carbons (Fsp3) is 0.316. The van der Waals surface area contributed by atoms with Gasteiger partial charge in [0.05, 0.1) is 19.7 Å². The Morgan fingerprint density at radius 1 is 1.24 bits per heavy atom. The zero-order valence-corrected chi connectivity index (χ0v) is 14.7. The van der Waals surface area contributed by atoms with E-state index in [4.69, 9.17) is 4.74 Å². The first-order chi connectivity index (χ1) is 12.0. The molecular formula is C19H24FN3O2. The summed E-state index contributed by atoms with van der Waals surface area (Å²) in [6, 6.07) is 11.7. The van der Waals surface area contributed by atoms with Crippen LogP contribution in [-0.4, -0.2) is 24.7 Å². The Hall–Kier alpha value is -2.76. The minimum Gasteiger partial charge on any atom is -0.508 e. The number of benzene rings is 2. The van der Waals surface area contributed by atoms with Crippen molar-refractivity contribution in [3.05, 3.63) is 59.4 Å². The van der Waals surface area contributed by atoms with E-state index in [-0.39, 0.29) is 23.4 Å². The van der Waals surface area contributed by atoms with Crippen LogP contribution in [0.5, 0.6) is 11.5 Å². The number of hydrogen-bond donors (Lipinski definition) is 3. The van der Waals surface area contributed by atoms with Gasteiger partial charge in [-0.15, -0.1) is 0 Å². The number of phenolic OH excluding ortho intramolecular Hbond substituents is 1. The molecule has 0 aliphatic heterocycles. The van der Waals surface area contributed by atoms with Crippen molar-refractivity contribution in [2.24, 2.45) is 4.99 Å². The molecule has 1 atom stereocenters. The number of nitrogens with one attached hydrogen (secondary N) is 2. The van der Waals surface area contributed by atoms with Crippen LogP contribution in [0.15, 0.2) is 47.5 Å². The first kappa shape index (κ1) is 18.6. The fourth-order valence-electron chi connectivity index (χ4n) is 2.33. The molecule has 0 radical (unpaired) electrons. The normalized spacial score (nSPS) is 12.6. The van der Waals surface area contributed by atoms with Gasteiger partial charge in [0.2, 0.25) is 0 Å². The van der Waals surface area contributed by atoms with Crippen molar-refractivity contribution in [1.82, 2.24) is 10.6 Å². The van der Waals surface area contributed by atoms with E-state index in [1.54, 1.807) is 18.2 Å². The minimum absolute atomic E-state index is 0.127. The molecule has 1 unspecified atom stereocenters. The van der Waals surface area contributed by atoms with E-state index in [1.807, 2.05) is 32.0 Å². The first-order valence-electron chi connectivity index (χ1n) is 8.19. The van der Waals surface area contributed by atoms with E-state index in [9.17, 15) is 9.50 Å². The molecule has 0 aromatic heterocycles. The molecule has 0 heterocycles. The summed E-state index contributed by atoms with van der Waals surface area (Å²) in [4.78, 5) is 4.53. The van der Waals surface area contributed by atoms with Gasteiger partial charge in [0.1, 0.15) is 5.75 Å². The highest BCUT2D eigenvalue weighted by Crippen LogP contribution is 2.21. The Morgan fingerprint density at radius 3 is 2.56 bits per heavy atom. The smallest absolute Gasteiger partial charge is 0.192 e. The molecule has 0 saturated heterocycles. The highest BCUT2D eigenvalue weighted by molar-refractivity contribution is 5.80. The van der Waals surface area contributed by atoms with Crippen molar-refractivity contribution in [3.63, 3.8) is 0 Å². The van der Waals surface area contributed by atoms with Gasteiger partial charge in [0.15, 0.2) is 17.5 Å². The maximum atomic E-state index is 13.9. The molecule has 3 N–H and O–H groups in total. The van der Waals surface area contributed by atoms with Gasteiger partial charge in [-0.3, -0.25) is 0 Å². The van der Waals surface area contributed by atoms with Crippen molar-refractivity contribution in [2.45, 2.75) is 26.4 Å². The lowest BCUT2D eigenvalue weighted by Crippen LogP contribution is -2.38. The molecule has 0 aliphatic carbocycles. The van der Waals surface area contributed by atoms with Crippen molar-refractivity contribution in [1.29, 1.82) is 0 Å².